The van der Waals surface area contributed by atoms with Gasteiger partial charge in [-0.1, -0.05) is 24.3 Å². The number of pyridine rings is 1. The molecule has 0 saturated carbocycles. The predicted molar refractivity (Wildman–Crippen MR) is 118 cm³/mol. The van der Waals surface area contributed by atoms with Crippen LogP contribution in [0.3, 0.4) is 0 Å². The van der Waals surface area contributed by atoms with Crippen molar-refractivity contribution in [3.05, 3.63) is 77.9 Å². The van der Waals surface area contributed by atoms with Gasteiger partial charge in [0.05, 0.1) is 13.2 Å². The predicted octanol–water partition coefficient (Wildman–Crippen LogP) is 2.97. The number of aromatic nitrogens is 2. The molecular weight excluding hydrogens is 376 g/mol. The van der Waals surface area contributed by atoms with E-state index in [1.54, 1.807) is 12.4 Å². The molecule has 1 saturated heterocycles. The quantitative estimate of drug-likeness (QED) is 0.658. The van der Waals surface area contributed by atoms with Gasteiger partial charge in [0, 0.05) is 56.9 Å². The van der Waals surface area contributed by atoms with Crippen molar-refractivity contribution in [2.75, 3.05) is 39.4 Å². The van der Waals surface area contributed by atoms with E-state index in [1.807, 2.05) is 34.9 Å². The molecular formula is C24H28N4O2. The summed E-state index contributed by atoms with van der Waals surface area (Å²) in [5.41, 5.74) is 5.17. The maximum atomic E-state index is 13.0. The zero-order valence-electron chi connectivity index (χ0n) is 17.4. The van der Waals surface area contributed by atoms with Crippen molar-refractivity contribution in [2.24, 2.45) is 0 Å². The number of nitrogens with zero attached hydrogens (tertiary/aromatic N) is 3. The second-order valence-corrected chi connectivity index (χ2v) is 7.61. The highest BCUT2D eigenvalue weighted by atomic mass is 16.5. The van der Waals surface area contributed by atoms with Gasteiger partial charge in [0.25, 0.3) is 5.91 Å². The van der Waals surface area contributed by atoms with E-state index in [2.05, 4.69) is 40.5 Å². The molecule has 2 aromatic heterocycles. The van der Waals surface area contributed by atoms with Crippen LogP contribution in [-0.4, -0.2) is 59.8 Å². The summed E-state index contributed by atoms with van der Waals surface area (Å²) < 4.78 is 7.43. The van der Waals surface area contributed by atoms with Crippen LogP contribution in [0.1, 0.15) is 21.6 Å². The average Bonchev–Trinajstić information content (AvgIpc) is 3.21. The summed E-state index contributed by atoms with van der Waals surface area (Å²) in [7, 11) is 0. The van der Waals surface area contributed by atoms with Crippen molar-refractivity contribution in [1.82, 2.24) is 19.8 Å². The molecule has 0 spiro atoms. The molecule has 3 heterocycles. The van der Waals surface area contributed by atoms with E-state index in [9.17, 15) is 4.79 Å². The fourth-order valence-corrected chi connectivity index (χ4v) is 3.75. The Morgan fingerprint density at radius 1 is 1.10 bits per heavy atom. The van der Waals surface area contributed by atoms with E-state index in [0.29, 0.717) is 18.8 Å². The van der Waals surface area contributed by atoms with E-state index in [-0.39, 0.29) is 5.91 Å². The zero-order chi connectivity index (χ0) is 20.8. The van der Waals surface area contributed by atoms with Crippen molar-refractivity contribution < 1.29 is 9.53 Å². The van der Waals surface area contributed by atoms with Gasteiger partial charge in [-0.05, 0) is 41.8 Å². The Balaban J connectivity index is 1.52. The molecule has 1 aliphatic heterocycles. The van der Waals surface area contributed by atoms with E-state index < -0.39 is 0 Å². The Labute approximate surface area is 177 Å². The first-order valence-electron chi connectivity index (χ1n) is 10.4. The van der Waals surface area contributed by atoms with Crippen molar-refractivity contribution in [3.63, 3.8) is 0 Å². The number of hydrogen-bond donors (Lipinski definition) is 1. The SMILES string of the molecule is Cc1ccccc1Cn1cc(-c2ccncc2)cc1C(=O)NCCN1CCOCC1. The summed E-state index contributed by atoms with van der Waals surface area (Å²) in [6, 6.07) is 14.2. The van der Waals surface area contributed by atoms with Gasteiger partial charge >= 0.3 is 0 Å². The number of rotatable bonds is 7. The van der Waals surface area contributed by atoms with Crippen molar-refractivity contribution in [3.8, 4) is 11.1 Å². The van der Waals surface area contributed by atoms with Crippen LogP contribution in [0, 0.1) is 6.92 Å². The Kier molecular flexibility index (Phi) is 6.57. The average molecular weight is 405 g/mol. The monoisotopic (exact) mass is 404 g/mol. The van der Waals surface area contributed by atoms with E-state index in [4.69, 9.17) is 4.74 Å². The summed E-state index contributed by atoms with van der Waals surface area (Å²) in [5.74, 6) is -0.0443. The van der Waals surface area contributed by atoms with Crippen LogP contribution >= 0.6 is 0 Å². The van der Waals surface area contributed by atoms with Gasteiger partial charge < -0.3 is 14.6 Å². The molecule has 30 heavy (non-hydrogen) atoms. The van der Waals surface area contributed by atoms with Gasteiger partial charge in [0.15, 0.2) is 0 Å². The summed E-state index contributed by atoms with van der Waals surface area (Å²) in [6.07, 6.45) is 5.60. The number of nitrogens with one attached hydrogen (secondary N) is 1. The molecule has 156 valence electrons. The number of ether oxygens (including phenoxy) is 1. The molecule has 0 atom stereocenters. The Morgan fingerprint density at radius 2 is 1.87 bits per heavy atom. The molecule has 3 aromatic rings. The molecule has 1 N–H and O–H groups in total. The summed E-state index contributed by atoms with van der Waals surface area (Å²) in [4.78, 5) is 19.5. The Morgan fingerprint density at radius 3 is 2.63 bits per heavy atom. The maximum absolute atomic E-state index is 13.0. The number of benzene rings is 1. The molecule has 6 heteroatoms. The maximum Gasteiger partial charge on any atom is 0.267 e. The highest BCUT2D eigenvalue weighted by Crippen LogP contribution is 2.23. The zero-order valence-corrected chi connectivity index (χ0v) is 17.4. The molecule has 1 amide bonds. The number of carbonyl (C=O) groups is 1. The lowest BCUT2D eigenvalue weighted by Gasteiger charge is -2.26. The Hall–Kier alpha value is -2.96. The Bertz CT molecular complexity index is 978. The molecule has 0 bridgehead atoms. The molecule has 0 radical (unpaired) electrons. The second-order valence-electron chi connectivity index (χ2n) is 7.61. The molecule has 0 aliphatic carbocycles. The first-order chi connectivity index (χ1) is 14.7. The van der Waals surface area contributed by atoms with Crippen LogP contribution < -0.4 is 5.32 Å². The highest BCUT2D eigenvalue weighted by molar-refractivity contribution is 5.94. The molecule has 1 aliphatic rings. The minimum atomic E-state index is -0.0443. The van der Waals surface area contributed by atoms with Crippen molar-refractivity contribution >= 4 is 5.91 Å². The fraction of sp³-hybridized carbons (Fsp3) is 0.333. The van der Waals surface area contributed by atoms with Crippen molar-refractivity contribution in [1.29, 1.82) is 0 Å². The van der Waals surface area contributed by atoms with Crippen molar-refractivity contribution in [2.45, 2.75) is 13.5 Å². The van der Waals surface area contributed by atoms with Gasteiger partial charge in [0.2, 0.25) is 0 Å². The van der Waals surface area contributed by atoms with Crippen LogP contribution in [0.5, 0.6) is 0 Å². The second kappa shape index (κ2) is 9.69. The van der Waals surface area contributed by atoms with Crippen LogP contribution in [0.15, 0.2) is 61.1 Å². The molecule has 6 nitrogen and oxygen atoms in total. The normalized spacial score (nSPS) is 14.6. The standard InChI is InChI=1S/C24H28N4O2/c1-19-4-2-3-5-21(19)17-28-18-22(20-6-8-25-9-7-20)16-23(28)24(29)26-10-11-27-12-14-30-15-13-27/h2-9,16,18H,10-15,17H2,1H3,(H,26,29). The first kappa shape index (κ1) is 20.3. The number of morpholine rings is 1. The minimum Gasteiger partial charge on any atom is -0.379 e. The molecule has 4 rings (SSSR count). The van der Waals surface area contributed by atoms with Crippen LogP contribution in [0.25, 0.3) is 11.1 Å². The smallest absolute Gasteiger partial charge is 0.267 e. The van der Waals surface area contributed by atoms with E-state index in [0.717, 1.165) is 44.0 Å². The van der Waals surface area contributed by atoms with E-state index >= 15 is 0 Å². The van der Waals surface area contributed by atoms with Crippen LogP contribution in [-0.2, 0) is 11.3 Å². The largest absolute Gasteiger partial charge is 0.379 e. The highest BCUT2D eigenvalue weighted by Gasteiger charge is 2.16. The van der Waals surface area contributed by atoms with Gasteiger partial charge in [-0.15, -0.1) is 0 Å². The van der Waals surface area contributed by atoms with Gasteiger partial charge in [0.1, 0.15) is 5.69 Å². The lowest BCUT2D eigenvalue weighted by molar-refractivity contribution is 0.0383. The van der Waals surface area contributed by atoms with Gasteiger partial charge in [-0.3, -0.25) is 14.7 Å². The number of amides is 1. The lowest BCUT2D eigenvalue weighted by atomic mass is 10.1. The summed E-state index contributed by atoms with van der Waals surface area (Å²) >= 11 is 0. The topological polar surface area (TPSA) is 59.4 Å². The van der Waals surface area contributed by atoms with Gasteiger partial charge in [-0.25, -0.2) is 0 Å². The number of hydrogen-bond acceptors (Lipinski definition) is 4. The lowest BCUT2D eigenvalue weighted by Crippen LogP contribution is -2.41. The number of aryl methyl sites for hydroxylation is 1. The van der Waals surface area contributed by atoms with E-state index in [1.165, 1.54) is 11.1 Å². The van der Waals surface area contributed by atoms with Gasteiger partial charge in [-0.2, -0.15) is 0 Å². The summed E-state index contributed by atoms with van der Waals surface area (Å²) in [6.45, 7) is 7.60. The third-order valence-corrected chi connectivity index (χ3v) is 5.56. The fourth-order valence-electron chi connectivity index (χ4n) is 3.75. The molecule has 1 aromatic carbocycles. The molecule has 1 fully saturated rings. The third kappa shape index (κ3) is 4.96. The summed E-state index contributed by atoms with van der Waals surface area (Å²) in [5, 5.41) is 3.10. The number of carbonyl (C=O) groups excluding carboxylic acids is 1. The minimum absolute atomic E-state index is 0.0443. The first-order valence-corrected chi connectivity index (χ1v) is 10.4. The van der Waals surface area contributed by atoms with Crippen LogP contribution in [0.2, 0.25) is 0 Å². The molecule has 0 unspecified atom stereocenters. The van der Waals surface area contributed by atoms with Crippen LogP contribution in [0.4, 0.5) is 0 Å². The third-order valence-electron chi connectivity index (χ3n) is 5.56.